The van der Waals surface area contributed by atoms with E-state index in [-0.39, 0.29) is 44.0 Å². The summed E-state index contributed by atoms with van der Waals surface area (Å²) < 4.78 is 41.3. The molecule has 57 heavy (non-hydrogen) atoms. The molecule has 5 atom stereocenters. The molecular formula is C41H53N7O8S. The Bertz CT molecular complexity index is 2150. The molecule has 3 fully saturated rings. The average Bonchev–Trinajstić information content (AvgIpc) is 3.99. The molecule has 16 heteroatoms. The fourth-order valence-corrected chi connectivity index (χ4v) is 9.20. The Morgan fingerprint density at radius 3 is 2.54 bits per heavy atom. The van der Waals surface area contributed by atoms with Gasteiger partial charge in [-0.3, -0.25) is 29.0 Å². The molecule has 0 bridgehead atoms. The van der Waals surface area contributed by atoms with E-state index in [1.165, 1.54) is 4.90 Å². The van der Waals surface area contributed by atoms with E-state index in [9.17, 15) is 27.6 Å². The van der Waals surface area contributed by atoms with Crippen LogP contribution in [0.5, 0.6) is 6.01 Å². The molecule has 4 aliphatic rings. The average molecular weight is 804 g/mol. The number of benzene rings is 2. The molecule has 0 spiro atoms. The van der Waals surface area contributed by atoms with Crippen molar-refractivity contribution in [1.29, 1.82) is 0 Å². The second-order valence-electron chi connectivity index (χ2n) is 16.1. The number of fused-ring (bicyclic) bond motifs is 3. The van der Waals surface area contributed by atoms with Crippen LogP contribution in [0.3, 0.4) is 0 Å². The van der Waals surface area contributed by atoms with E-state index in [2.05, 4.69) is 20.7 Å². The molecule has 0 unspecified atom stereocenters. The Balaban J connectivity index is 1.21. The van der Waals surface area contributed by atoms with E-state index >= 15 is 0 Å². The van der Waals surface area contributed by atoms with Gasteiger partial charge in [0.25, 0.3) is 11.9 Å². The minimum Gasteiger partial charge on any atom is -0.459 e. The van der Waals surface area contributed by atoms with Crippen LogP contribution in [0, 0.1) is 5.92 Å². The predicted molar refractivity (Wildman–Crippen MR) is 215 cm³/mol. The van der Waals surface area contributed by atoms with E-state index < -0.39 is 62.3 Å². The standard InChI is InChI=1S/C41H53N7O8S/c1-5-55-39(52)43-30-19-14-20-32-34(30)44-38(48(32)26(2)3)56-29-23-33-35(49)45-41(37(51)46-57(53,54)40(4)21-22-40)24-27(41)15-10-7-6-8-13-18-31(36(50)47(33)25-29)42-28-16-11-9-12-17-28/h9-12,14-17,19-20,26-27,29,31,33,42H,5-8,13,18,21-25H2,1-4H3,(H,43,52)(H,45,49)(H,46,51)/t27-,29-,31+,33+,41-/m1/s1. The lowest BCUT2D eigenvalue weighted by Gasteiger charge is -2.30. The van der Waals surface area contributed by atoms with Crippen molar-refractivity contribution in [2.24, 2.45) is 5.92 Å². The molecule has 306 valence electrons. The summed E-state index contributed by atoms with van der Waals surface area (Å²) in [7, 11) is -3.98. The van der Waals surface area contributed by atoms with Crippen molar-refractivity contribution in [3.05, 3.63) is 60.7 Å². The normalized spacial score (nSPS) is 26.0. The zero-order valence-electron chi connectivity index (χ0n) is 33.0. The Kier molecular flexibility index (Phi) is 11.3. The van der Waals surface area contributed by atoms with Gasteiger partial charge >= 0.3 is 6.09 Å². The van der Waals surface area contributed by atoms with Crippen molar-refractivity contribution < 1.29 is 37.1 Å². The number of allylic oxidation sites excluding steroid dienone is 1. The molecule has 2 aromatic carbocycles. The van der Waals surface area contributed by atoms with Crippen molar-refractivity contribution in [2.75, 3.05) is 23.8 Å². The first kappa shape index (κ1) is 40.1. The number of nitrogens with one attached hydrogen (secondary N) is 4. The number of hydrogen-bond donors (Lipinski definition) is 4. The number of sulfonamides is 1. The molecule has 2 aliphatic carbocycles. The van der Waals surface area contributed by atoms with Gasteiger partial charge in [0, 0.05) is 24.1 Å². The lowest BCUT2D eigenvalue weighted by atomic mass is 10.0. The first-order valence-corrected chi connectivity index (χ1v) is 21.5. The Morgan fingerprint density at radius 1 is 1.05 bits per heavy atom. The smallest absolute Gasteiger partial charge is 0.411 e. The second kappa shape index (κ2) is 16.0. The summed E-state index contributed by atoms with van der Waals surface area (Å²) in [6.45, 7) is 7.52. The third-order valence-electron chi connectivity index (χ3n) is 11.6. The lowest BCUT2D eigenvalue weighted by Crippen LogP contribution is -2.58. The molecule has 3 aromatic rings. The van der Waals surface area contributed by atoms with Gasteiger partial charge in [-0.05, 0) is 90.5 Å². The third-order valence-corrected chi connectivity index (χ3v) is 13.7. The summed E-state index contributed by atoms with van der Waals surface area (Å²) in [5.41, 5.74) is 0.908. The zero-order chi connectivity index (χ0) is 40.5. The highest BCUT2D eigenvalue weighted by Crippen LogP contribution is 2.47. The van der Waals surface area contributed by atoms with Crippen LogP contribution in [0.25, 0.3) is 11.0 Å². The van der Waals surface area contributed by atoms with E-state index in [1.54, 1.807) is 26.0 Å². The van der Waals surface area contributed by atoms with Gasteiger partial charge in [-0.1, -0.05) is 49.3 Å². The van der Waals surface area contributed by atoms with Crippen molar-refractivity contribution in [1.82, 2.24) is 24.5 Å². The Morgan fingerprint density at radius 2 is 1.82 bits per heavy atom. The minimum atomic E-state index is -3.98. The topological polar surface area (TPSA) is 190 Å². The first-order valence-electron chi connectivity index (χ1n) is 20.0. The molecule has 0 radical (unpaired) electrons. The molecule has 7 rings (SSSR count). The number of aromatic nitrogens is 2. The number of anilines is 2. The first-order chi connectivity index (χ1) is 27.2. The molecule has 3 heterocycles. The number of para-hydroxylation sites is 2. The number of hydrogen-bond acceptors (Lipinski definition) is 10. The molecule has 4 N–H and O–H groups in total. The maximum absolute atomic E-state index is 14.7. The van der Waals surface area contributed by atoms with Gasteiger partial charge in [0.05, 0.1) is 29.1 Å². The fourth-order valence-electron chi connectivity index (χ4n) is 7.89. The van der Waals surface area contributed by atoms with Crippen molar-refractivity contribution in [2.45, 2.75) is 120 Å². The summed E-state index contributed by atoms with van der Waals surface area (Å²) in [6, 6.07) is 13.3. The van der Waals surface area contributed by atoms with Gasteiger partial charge in [-0.15, -0.1) is 0 Å². The van der Waals surface area contributed by atoms with Crippen LogP contribution in [-0.2, 0) is 29.1 Å². The quantitative estimate of drug-likeness (QED) is 0.193. The van der Waals surface area contributed by atoms with E-state index in [0.717, 1.165) is 31.4 Å². The summed E-state index contributed by atoms with van der Waals surface area (Å²) in [6.07, 6.45) is 7.57. The van der Waals surface area contributed by atoms with Crippen LogP contribution < -0.4 is 25.4 Å². The highest BCUT2D eigenvalue weighted by molar-refractivity contribution is 7.91. The second-order valence-corrected chi connectivity index (χ2v) is 18.3. The molecule has 2 aliphatic heterocycles. The largest absolute Gasteiger partial charge is 0.459 e. The van der Waals surface area contributed by atoms with Crippen LogP contribution in [0.1, 0.15) is 91.5 Å². The molecule has 2 saturated carbocycles. The van der Waals surface area contributed by atoms with Crippen LogP contribution in [0.4, 0.5) is 16.2 Å². The number of amides is 4. The van der Waals surface area contributed by atoms with Crippen LogP contribution in [-0.4, -0.2) is 88.3 Å². The summed E-state index contributed by atoms with van der Waals surface area (Å²) in [5.74, 6) is -2.04. The number of nitrogens with zero attached hydrogens (tertiary/aromatic N) is 3. The number of rotatable bonds is 10. The van der Waals surface area contributed by atoms with Gasteiger partial charge in [0.15, 0.2) is 0 Å². The third kappa shape index (κ3) is 8.32. The van der Waals surface area contributed by atoms with E-state index in [1.807, 2.05) is 67.0 Å². The fraction of sp³-hybridized carbons (Fsp3) is 0.537. The number of carbonyl (C=O) groups is 4. The SMILES string of the molecule is CCOC(=O)Nc1cccc2c1nc(O[C@@H]1C[C@H]3C(=O)N[C@]4(C(=O)NS(=O)(=O)C5(C)CC5)C[C@H]4C=CCCCCC[C@H](Nc4ccccc4)C(=O)N3C1)n2C(C)C. The minimum absolute atomic E-state index is 0.0500. The van der Waals surface area contributed by atoms with Gasteiger partial charge in [-0.2, -0.15) is 4.98 Å². The van der Waals surface area contributed by atoms with Gasteiger partial charge in [0.1, 0.15) is 29.2 Å². The van der Waals surface area contributed by atoms with E-state index in [4.69, 9.17) is 14.5 Å². The van der Waals surface area contributed by atoms with Gasteiger partial charge in [0.2, 0.25) is 21.8 Å². The van der Waals surface area contributed by atoms with Crippen LogP contribution in [0.2, 0.25) is 0 Å². The van der Waals surface area contributed by atoms with Crippen LogP contribution in [0.15, 0.2) is 60.7 Å². The number of carbonyl (C=O) groups excluding carboxylic acids is 4. The predicted octanol–water partition coefficient (Wildman–Crippen LogP) is 5.41. The maximum atomic E-state index is 14.7. The number of ether oxygens (including phenoxy) is 2. The monoisotopic (exact) mass is 803 g/mol. The number of imidazole rings is 1. The summed E-state index contributed by atoms with van der Waals surface area (Å²) >= 11 is 0. The lowest BCUT2D eigenvalue weighted by molar-refractivity contribution is -0.140. The zero-order valence-corrected chi connectivity index (χ0v) is 33.8. The highest BCUT2D eigenvalue weighted by atomic mass is 32.2. The van der Waals surface area contributed by atoms with Crippen molar-refractivity contribution in [3.63, 3.8) is 0 Å². The molecule has 15 nitrogen and oxygen atoms in total. The molecule has 4 amide bonds. The van der Waals surface area contributed by atoms with Gasteiger partial charge < -0.3 is 25.0 Å². The Hall–Kier alpha value is -5.12. The van der Waals surface area contributed by atoms with Crippen molar-refractivity contribution >= 4 is 56.2 Å². The Labute approximate surface area is 333 Å². The molecule has 1 aromatic heterocycles. The highest BCUT2D eigenvalue weighted by Gasteiger charge is 2.63. The molecule has 1 saturated heterocycles. The van der Waals surface area contributed by atoms with Crippen LogP contribution >= 0.6 is 0 Å². The summed E-state index contributed by atoms with van der Waals surface area (Å²) in [5, 5.41) is 9.11. The summed E-state index contributed by atoms with van der Waals surface area (Å²) in [4.78, 5) is 61.9. The maximum Gasteiger partial charge on any atom is 0.411 e. The van der Waals surface area contributed by atoms with E-state index in [0.29, 0.717) is 36.0 Å². The van der Waals surface area contributed by atoms with Gasteiger partial charge in [-0.25, -0.2) is 13.2 Å². The van der Waals surface area contributed by atoms with Crippen molar-refractivity contribution in [3.8, 4) is 6.01 Å². The molecular weight excluding hydrogens is 751 g/mol.